The van der Waals surface area contributed by atoms with Crippen molar-refractivity contribution in [3.8, 4) is 5.75 Å². The van der Waals surface area contributed by atoms with Gasteiger partial charge in [0.05, 0.1) is 9.79 Å². The largest absolute Gasteiger partial charge is 0.573 e. The third-order valence-corrected chi connectivity index (χ3v) is 7.65. The molecule has 0 radical (unpaired) electrons. The van der Waals surface area contributed by atoms with E-state index in [9.17, 15) is 30.0 Å². The minimum atomic E-state index is -4.89. The molecule has 0 fully saturated rings. The van der Waals surface area contributed by atoms with Gasteiger partial charge in [-0.1, -0.05) is 30.3 Å². The number of ether oxygens (including phenoxy) is 1. The highest BCUT2D eigenvalue weighted by Crippen LogP contribution is 2.25. The molecule has 3 aromatic rings. The maximum Gasteiger partial charge on any atom is 0.573 e. The lowest BCUT2D eigenvalue weighted by Crippen LogP contribution is -2.26. The van der Waals surface area contributed by atoms with Crippen molar-refractivity contribution in [2.75, 3.05) is 11.8 Å². The summed E-state index contributed by atoms with van der Waals surface area (Å²) in [4.78, 5) is -0.325. The zero-order valence-electron chi connectivity index (χ0n) is 17.2. The Bertz CT molecular complexity index is 1290. The Labute approximate surface area is 189 Å². The summed E-state index contributed by atoms with van der Waals surface area (Å²) in [7, 11) is -6.51. The van der Waals surface area contributed by atoms with Crippen LogP contribution in [0.4, 0.5) is 18.9 Å². The first-order valence-electron chi connectivity index (χ1n) is 9.36. The van der Waals surface area contributed by atoms with Gasteiger partial charge in [0.1, 0.15) is 5.75 Å². The molecule has 0 aromatic heterocycles. The molecule has 0 saturated heterocycles. The van der Waals surface area contributed by atoms with E-state index in [-0.39, 0.29) is 22.0 Å². The molecule has 0 aliphatic heterocycles. The third-order valence-electron chi connectivity index (χ3n) is 4.43. The van der Waals surface area contributed by atoms with Gasteiger partial charge >= 0.3 is 6.36 Å². The highest BCUT2D eigenvalue weighted by atomic mass is 32.2. The topological polar surface area (TPSA) is 92.8 Å². The van der Waals surface area contributed by atoms with Gasteiger partial charge in [-0.25, -0.2) is 16.8 Å². The van der Waals surface area contributed by atoms with Crippen LogP contribution in [0.25, 0.3) is 0 Å². The molecule has 0 atom stereocenters. The van der Waals surface area contributed by atoms with E-state index in [1.807, 2.05) is 6.07 Å². The van der Waals surface area contributed by atoms with Crippen LogP contribution in [0.3, 0.4) is 0 Å². The molecule has 33 heavy (non-hydrogen) atoms. The molecule has 1 N–H and O–H groups in total. The maximum atomic E-state index is 12.8. The smallest absolute Gasteiger partial charge is 0.406 e. The van der Waals surface area contributed by atoms with Gasteiger partial charge in [0.15, 0.2) is 0 Å². The zero-order chi connectivity index (χ0) is 24.3. The van der Waals surface area contributed by atoms with Gasteiger partial charge in [-0.15, -0.1) is 13.2 Å². The summed E-state index contributed by atoms with van der Waals surface area (Å²) in [5.41, 5.74) is 0.884. The number of anilines is 1. The number of nitrogens with one attached hydrogen (secondary N) is 1. The van der Waals surface area contributed by atoms with Crippen molar-refractivity contribution in [3.63, 3.8) is 0 Å². The molecule has 0 unspecified atom stereocenters. The van der Waals surface area contributed by atoms with E-state index < -0.39 is 32.2 Å². The van der Waals surface area contributed by atoms with E-state index in [1.165, 1.54) is 35.6 Å². The van der Waals surface area contributed by atoms with Gasteiger partial charge in [-0.2, -0.15) is 4.31 Å². The van der Waals surface area contributed by atoms with Gasteiger partial charge in [0.2, 0.25) is 10.0 Å². The van der Waals surface area contributed by atoms with Crippen LogP contribution in [0, 0.1) is 0 Å². The van der Waals surface area contributed by atoms with Crippen LogP contribution in [0.15, 0.2) is 88.7 Å². The van der Waals surface area contributed by atoms with Gasteiger partial charge in [-0.3, -0.25) is 4.72 Å². The number of hydrogen-bond donors (Lipinski definition) is 1. The Balaban J connectivity index is 1.71. The second-order valence-electron chi connectivity index (χ2n) is 6.90. The van der Waals surface area contributed by atoms with Crippen LogP contribution >= 0.6 is 0 Å². The second-order valence-corrected chi connectivity index (χ2v) is 10.6. The molecule has 0 heterocycles. The fourth-order valence-corrected chi connectivity index (χ4v) is 5.05. The lowest BCUT2D eigenvalue weighted by atomic mass is 10.2. The van der Waals surface area contributed by atoms with Crippen molar-refractivity contribution in [1.82, 2.24) is 4.31 Å². The molecule has 7 nitrogen and oxygen atoms in total. The molecule has 0 amide bonds. The summed E-state index contributed by atoms with van der Waals surface area (Å²) < 4.78 is 94.4. The highest BCUT2D eigenvalue weighted by Gasteiger charge is 2.31. The summed E-state index contributed by atoms with van der Waals surface area (Å²) in [6, 6.07) is 17.8. The highest BCUT2D eigenvalue weighted by molar-refractivity contribution is 7.92. The fourth-order valence-electron chi connectivity index (χ4n) is 2.83. The molecule has 3 rings (SSSR count). The molecule has 176 valence electrons. The van der Waals surface area contributed by atoms with Gasteiger partial charge in [0.25, 0.3) is 10.0 Å². The fraction of sp³-hybridized carbons (Fsp3) is 0.143. The van der Waals surface area contributed by atoms with Crippen LogP contribution in [-0.2, 0) is 26.6 Å². The van der Waals surface area contributed by atoms with Crippen molar-refractivity contribution in [2.24, 2.45) is 0 Å². The van der Waals surface area contributed by atoms with Crippen molar-refractivity contribution in [3.05, 3.63) is 84.4 Å². The summed E-state index contributed by atoms with van der Waals surface area (Å²) in [5, 5.41) is 0. The quantitative estimate of drug-likeness (QED) is 0.500. The third kappa shape index (κ3) is 6.46. The van der Waals surface area contributed by atoms with Crippen LogP contribution in [0.1, 0.15) is 5.56 Å². The van der Waals surface area contributed by atoms with Crippen molar-refractivity contribution in [1.29, 1.82) is 0 Å². The van der Waals surface area contributed by atoms with Crippen LogP contribution in [0.2, 0.25) is 0 Å². The first-order valence-corrected chi connectivity index (χ1v) is 12.3. The molecule has 0 saturated carbocycles. The molecule has 3 aromatic carbocycles. The number of halogens is 3. The standard InChI is InChI=1S/C21H19F3N2O5S2/c1-26(15-16-5-3-2-4-6-16)33(29,30)20-11-7-17(8-12-20)25-32(27,28)19-13-9-18(10-14-19)31-21(22,23)24/h2-14,25H,15H2,1H3. The van der Waals surface area contributed by atoms with Gasteiger partial charge in [-0.05, 0) is 54.1 Å². The molecular formula is C21H19F3N2O5S2. The van der Waals surface area contributed by atoms with Crippen LogP contribution in [-0.4, -0.2) is 34.6 Å². The lowest BCUT2D eigenvalue weighted by Gasteiger charge is -2.17. The Kier molecular flexibility index (Phi) is 7.00. The van der Waals surface area contributed by atoms with Crippen molar-refractivity contribution < 1.29 is 34.7 Å². The minimum absolute atomic E-state index is 0.0301. The van der Waals surface area contributed by atoms with Gasteiger partial charge < -0.3 is 4.74 Å². The van der Waals surface area contributed by atoms with E-state index in [0.717, 1.165) is 29.8 Å². The van der Waals surface area contributed by atoms with Gasteiger partial charge in [0, 0.05) is 19.3 Å². The molecule has 0 spiro atoms. The van der Waals surface area contributed by atoms with E-state index in [4.69, 9.17) is 0 Å². The summed E-state index contributed by atoms with van der Waals surface area (Å²) in [5.74, 6) is -0.560. The second kappa shape index (κ2) is 9.41. The molecule has 0 bridgehead atoms. The lowest BCUT2D eigenvalue weighted by molar-refractivity contribution is -0.274. The summed E-state index contributed by atoms with van der Waals surface area (Å²) in [6.07, 6.45) is -4.89. The number of benzene rings is 3. The van der Waals surface area contributed by atoms with E-state index >= 15 is 0 Å². The predicted octanol–water partition coefficient (Wildman–Crippen LogP) is 4.21. The number of hydrogen-bond acceptors (Lipinski definition) is 5. The van der Waals surface area contributed by atoms with Crippen LogP contribution < -0.4 is 9.46 Å². The molecule has 0 aliphatic carbocycles. The summed E-state index contributed by atoms with van der Waals surface area (Å²) >= 11 is 0. The van der Waals surface area contributed by atoms with Crippen molar-refractivity contribution in [2.45, 2.75) is 22.7 Å². The zero-order valence-corrected chi connectivity index (χ0v) is 18.8. The molecule has 12 heteroatoms. The Morgan fingerprint density at radius 1 is 0.818 bits per heavy atom. The Morgan fingerprint density at radius 2 is 1.36 bits per heavy atom. The Hall–Kier alpha value is -3.09. The van der Waals surface area contributed by atoms with E-state index in [0.29, 0.717) is 0 Å². The van der Waals surface area contributed by atoms with E-state index in [2.05, 4.69) is 9.46 Å². The predicted molar refractivity (Wildman–Crippen MR) is 115 cm³/mol. The van der Waals surface area contributed by atoms with E-state index in [1.54, 1.807) is 24.3 Å². The maximum absolute atomic E-state index is 12.8. The molecular weight excluding hydrogens is 481 g/mol. The van der Waals surface area contributed by atoms with Crippen LogP contribution in [0.5, 0.6) is 5.75 Å². The average Bonchev–Trinajstić information content (AvgIpc) is 2.74. The molecule has 0 aliphatic rings. The number of alkyl halides is 3. The monoisotopic (exact) mass is 500 g/mol. The number of nitrogens with zero attached hydrogens (tertiary/aromatic N) is 1. The average molecular weight is 501 g/mol. The number of sulfonamides is 2. The Morgan fingerprint density at radius 3 is 1.91 bits per heavy atom. The first-order chi connectivity index (χ1) is 15.4. The minimum Gasteiger partial charge on any atom is -0.406 e. The summed E-state index contributed by atoms with van der Waals surface area (Å²) in [6.45, 7) is 0.158. The normalized spacial score (nSPS) is 12.5. The number of rotatable bonds is 8. The first kappa shape index (κ1) is 24.6. The SMILES string of the molecule is CN(Cc1ccccc1)S(=O)(=O)c1ccc(NS(=O)(=O)c2ccc(OC(F)(F)F)cc2)cc1. The van der Waals surface area contributed by atoms with Crippen molar-refractivity contribution >= 4 is 25.7 Å².